The second-order valence-electron chi connectivity index (χ2n) is 5.09. The van der Waals surface area contributed by atoms with Gasteiger partial charge >= 0.3 is 0 Å². The van der Waals surface area contributed by atoms with Crippen LogP contribution in [0.1, 0.15) is 13.8 Å². The summed E-state index contributed by atoms with van der Waals surface area (Å²) in [7, 11) is 0. The molecule has 1 aliphatic heterocycles. The van der Waals surface area contributed by atoms with E-state index in [-0.39, 0.29) is 5.91 Å². The number of nitrogen functional groups attached to an aromatic ring is 1. The highest BCUT2D eigenvalue weighted by atomic mass is 16.5. The molecule has 1 heterocycles. The Labute approximate surface area is 113 Å². The Morgan fingerprint density at radius 1 is 1.26 bits per heavy atom. The van der Waals surface area contributed by atoms with Crippen LogP contribution >= 0.6 is 0 Å². The largest absolute Gasteiger partial charge is 0.478 e. The van der Waals surface area contributed by atoms with Gasteiger partial charge in [-0.3, -0.25) is 4.79 Å². The van der Waals surface area contributed by atoms with Crippen molar-refractivity contribution in [1.82, 2.24) is 4.90 Å². The van der Waals surface area contributed by atoms with Crippen LogP contribution in [0.3, 0.4) is 0 Å². The highest BCUT2D eigenvalue weighted by molar-refractivity contribution is 5.84. The van der Waals surface area contributed by atoms with Gasteiger partial charge in [-0.2, -0.15) is 0 Å². The fourth-order valence-electron chi connectivity index (χ4n) is 2.02. The second kappa shape index (κ2) is 5.48. The van der Waals surface area contributed by atoms with E-state index in [1.165, 1.54) is 0 Å². The molecule has 1 aromatic rings. The number of rotatable bonds is 3. The minimum absolute atomic E-state index is 0.0207. The zero-order valence-electron chi connectivity index (χ0n) is 11.4. The molecule has 0 unspecified atom stereocenters. The SMILES string of the molecule is CC(C)(Oc1ccc(N)cc1)C(=O)N1CCOCC1. The summed E-state index contributed by atoms with van der Waals surface area (Å²) in [6.07, 6.45) is 0. The number of hydrogen-bond acceptors (Lipinski definition) is 4. The number of benzene rings is 1. The van der Waals surface area contributed by atoms with Gasteiger partial charge < -0.3 is 20.1 Å². The van der Waals surface area contributed by atoms with Gasteiger partial charge in [0, 0.05) is 18.8 Å². The molecule has 0 radical (unpaired) electrons. The molecule has 1 fully saturated rings. The first-order valence-electron chi connectivity index (χ1n) is 6.41. The zero-order valence-corrected chi connectivity index (χ0v) is 11.4. The Bertz CT molecular complexity index is 437. The van der Waals surface area contributed by atoms with Gasteiger partial charge in [-0.15, -0.1) is 0 Å². The van der Waals surface area contributed by atoms with Gasteiger partial charge in [-0.25, -0.2) is 0 Å². The molecule has 0 spiro atoms. The fraction of sp³-hybridized carbons (Fsp3) is 0.500. The molecule has 5 heteroatoms. The summed E-state index contributed by atoms with van der Waals surface area (Å²) in [6, 6.07) is 7.04. The summed E-state index contributed by atoms with van der Waals surface area (Å²) in [5.41, 5.74) is 5.40. The average Bonchev–Trinajstić information content (AvgIpc) is 2.41. The lowest BCUT2D eigenvalue weighted by molar-refractivity contribution is -0.149. The lowest BCUT2D eigenvalue weighted by Gasteiger charge is -2.34. The number of ether oxygens (including phenoxy) is 2. The summed E-state index contributed by atoms with van der Waals surface area (Å²) < 4.78 is 11.0. The maximum atomic E-state index is 12.4. The minimum Gasteiger partial charge on any atom is -0.478 e. The lowest BCUT2D eigenvalue weighted by atomic mass is 10.1. The minimum atomic E-state index is -0.895. The number of carbonyl (C=O) groups excluding carboxylic acids is 1. The van der Waals surface area contributed by atoms with Gasteiger partial charge in [-0.1, -0.05) is 0 Å². The topological polar surface area (TPSA) is 64.8 Å². The molecule has 0 atom stereocenters. The number of anilines is 1. The summed E-state index contributed by atoms with van der Waals surface area (Å²) in [5.74, 6) is 0.619. The summed E-state index contributed by atoms with van der Waals surface area (Å²) in [4.78, 5) is 14.2. The van der Waals surface area contributed by atoms with Crippen molar-refractivity contribution in [2.75, 3.05) is 32.0 Å². The third-order valence-corrected chi connectivity index (χ3v) is 3.07. The molecule has 1 aromatic carbocycles. The van der Waals surface area contributed by atoms with Crippen LogP contribution in [0, 0.1) is 0 Å². The average molecular weight is 264 g/mol. The van der Waals surface area contributed by atoms with E-state index in [0.717, 1.165) is 0 Å². The number of nitrogens with two attached hydrogens (primary N) is 1. The van der Waals surface area contributed by atoms with Crippen molar-refractivity contribution >= 4 is 11.6 Å². The molecular weight excluding hydrogens is 244 g/mol. The summed E-state index contributed by atoms with van der Waals surface area (Å²) >= 11 is 0. The van der Waals surface area contributed by atoms with Crippen LogP contribution in [-0.2, 0) is 9.53 Å². The number of hydrogen-bond donors (Lipinski definition) is 1. The van der Waals surface area contributed by atoms with E-state index in [4.69, 9.17) is 15.2 Å². The van der Waals surface area contributed by atoms with E-state index < -0.39 is 5.60 Å². The van der Waals surface area contributed by atoms with Crippen molar-refractivity contribution in [3.8, 4) is 5.75 Å². The standard InChI is InChI=1S/C14H20N2O3/c1-14(2,13(17)16-7-9-18-10-8-16)19-12-5-3-11(15)4-6-12/h3-6H,7-10,15H2,1-2H3. The predicted octanol–water partition coefficient (Wildman–Crippen LogP) is 1.29. The molecule has 1 amide bonds. The third-order valence-electron chi connectivity index (χ3n) is 3.07. The molecule has 0 aliphatic carbocycles. The molecule has 0 bridgehead atoms. The van der Waals surface area contributed by atoms with Crippen molar-refractivity contribution in [2.24, 2.45) is 0 Å². The normalized spacial score (nSPS) is 16.2. The molecule has 104 valence electrons. The number of amides is 1. The maximum Gasteiger partial charge on any atom is 0.266 e. The van der Waals surface area contributed by atoms with Crippen LogP contribution in [-0.4, -0.2) is 42.7 Å². The fourth-order valence-corrected chi connectivity index (χ4v) is 2.02. The highest BCUT2D eigenvalue weighted by Crippen LogP contribution is 2.21. The first kappa shape index (κ1) is 13.7. The smallest absolute Gasteiger partial charge is 0.266 e. The first-order chi connectivity index (χ1) is 8.99. The van der Waals surface area contributed by atoms with Crippen LogP contribution in [0.15, 0.2) is 24.3 Å². The molecule has 19 heavy (non-hydrogen) atoms. The molecule has 0 aromatic heterocycles. The summed E-state index contributed by atoms with van der Waals surface area (Å²) in [6.45, 7) is 5.97. The van der Waals surface area contributed by atoms with E-state index in [2.05, 4.69) is 0 Å². The second-order valence-corrected chi connectivity index (χ2v) is 5.09. The Morgan fingerprint density at radius 3 is 2.42 bits per heavy atom. The van der Waals surface area contributed by atoms with Crippen LogP contribution in [0.4, 0.5) is 5.69 Å². The van der Waals surface area contributed by atoms with Crippen molar-refractivity contribution in [1.29, 1.82) is 0 Å². The van der Waals surface area contributed by atoms with E-state index in [0.29, 0.717) is 37.7 Å². The van der Waals surface area contributed by atoms with E-state index in [9.17, 15) is 4.79 Å². The van der Waals surface area contributed by atoms with Crippen molar-refractivity contribution in [2.45, 2.75) is 19.4 Å². The van der Waals surface area contributed by atoms with Gasteiger partial charge in [0.2, 0.25) is 0 Å². The lowest BCUT2D eigenvalue weighted by Crippen LogP contribution is -2.52. The summed E-state index contributed by atoms with van der Waals surface area (Å²) in [5, 5.41) is 0. The third kappa shape index (κ3) is 3.38. The van der Waals surface area contributed by atoms with Crippen LogP contribution in [0.2, 0.25) is 0 Å². The molecule has 2 N–H and O–H groups in total. The van der Waals surface area contributed by atoms with Gasteiger partial charge in [0.25, 0.3) is 5.91 Å². The molecular formula is C14H20N2O3. The van der Waals surface area contributed by atoms with Gasteiger partial charge in [0.15, 0.2) is 5.60 Å². The monoisotopic (exact) mass is 264 g/mol. The number of nitrogens with zero attached hydrogens (tertiary/aromatic N) is 1. The quantitative estimate of drug-likeness (QED) is 0.835. The molecule has 1 aliphatic rings. The Hall–Kier alpha value is -1.75. The van der Waals surface area contributed by atoms with Crippen molar-refractivity contribution < 1.29 is 14.3 Å². The van der Waals surface area contributed by atoms with E-state index in [1.54, 1.807) is 43.0 Å². The highest BCUT2D eigenvalue weighted by Gasteiger charge is 2.34. The first-order valence-corrected chi connectivity index (χ1v) is 6.41. The van der Waals surface area contributed by atoms with Crippen molar-refractivity contribution in [3.63, 3.8) is 0 Å². The Balaban J connectivity index is 2.04. The van der Waals surface area contributed by atoms with Crippen molar-refractivity contribution in [3.05, 3.63) is 24.3 Å². The molecule has 2 rings (SSSR count). The predicted molar refractivity (Wildman–Crippen MR) is 73.0 cm³/mol. The maximum absolute atomic E-state index is 12.4. The molecule has 0 saturated carbocycles. The zero-order chi connectivity index (χ0) is 13.9. The Kier molecular flexibility index (Phi) is 3.95. The van der Waals surface area contributed by atoms with Crippen LogP contribution in [0.5, 0.6) is 5.75 Å². The number of morpholine rings is 1. The molecule has 5 nitrogen and oxygen atoms in total. The van der Waals surface area contributed by atoms with Gasteiger partial charge in [0.05, 0.1) is 13.2 Å². The van der Waals surface area contributed by atoms with Crippen LogP contribution in [0.25, 0.3) is 0 Å². The Morgan fingerprint density at radius 2 is 1.84 bits per heavy atom. The molecule has 1 saturated heterocycles. The van der Waals surface area contributed by atoms with Gasteiger partial charge in [-0.05, 0) is 38.1 Å². The van der Waals surface area contributed by atoms with E-state index >= 15 is 0 Å². The number of carbonyl (C=O) groups is 1. The van der Waals surface area contributed by atoms with E-state index in [1.807, 2.05) is 0 Å². The van der Waals surface area contributed by atoms with Gasteiger partial charge in [0.1, 0.15) is 5.75 Å². The van der Waals surface area contributed by atoms with Crippen LogP contribution < -0.4 is 10.5 Å².